The van der Waals surface area contributed by atoms with Crippen LogP contribution in [0, 0.1) is 6.92 Å². The summed E-state index contributed by atoms with van der Waals surface area (Å²) in [4.78, 5) is 20.3. The van der Waals surface area contributed by atoms with Gasteiger partial charge in [0.2, 0.25) is 0 Å². The molecule has 0 spiro atoms. The lowest BCUT2D eigenvalue weighted by molar-refractivity contribution is -0.299. The molecular formula is C22H33N3O4. The largest absolute Gasteiger partial charge is 0.347 e. The molecule has 7 nitrogen and oxygen atoms in total. The molecule has 0 radical (unpaired) electrons. The van der Waals surface area contributed by atoms with Crippen molar-refractivity contribution >= 4 is 5.82 Å². The molecule has 0 aliphatic carbocycles. The fourth-order valence-electron chi connectivity index (χ4n) is 2.56. The molecule has 0 amide bonds. The summed E-state index contributed by atoms with van der Waals surface area (Å²) in [5.41, 5.74) is 3.85. The van der Waals surface area contributed by atoms with E-state index < -0.39 is 0 Å². The predicted molar refractivity (Wildman–Crippen MR) is 114 cm³/mol. The summed E-state index contributed by atoms with van der Waals surface area (Å²) in [6, 6.07) is 10.4. The number of anilines is 1. The molecule has 0 aliphatic rings. The Morgan fingerprint density at radius 2 is 1.59 bits per heavy atom. The minimum atomic E-state index is -0.192. The number of aromatic nitrogens is 2. The molecule has 160 valence electrons. The van der Waals surface area contributed by atoms with Crippen LogP contribution < -0.4 is 5.32 Å². The minimum Gasteiger partial charge on any atom is -0.347 e. The molecule has 1 N–H and O–H groups in total. The van der Waals surface area contributed by atoms with Gasteiger partial charge in [-0.05, 0) is 41.5 Å². The van der Waals surface area contributed by atoms with E-state index in [1.165, 1.54) is 5.56 Å². The summed E-state index contributed by atoms with van der Waals surface area (Å²) in [6.07, 6.45) is 1.84. The van der Waals surface area contributed by atoms with Gasteiger partial charge in [0, 0.05) is 23.4 Å². The third-order valence-electron chi connectivity index (χ3n) is 4.01. The predicted octanol–water partition coefficient (Wildman–Crippen LogP) is 4.85. The molecule has 2 aromatic rings. The monoisotopic (exact) mass is 403 g/mol. The number of nitrogens with one attached hydrogen (secondary N) is 1. The average Bonchev–Trinajstić information content (AvgIpc) is 3.11. The van der Waals surface area contributed by atoms with Gasteiger partial charge in [-0.25, -0.2) is 24.2 Å². The lowest BCUT2D eigenvalue weighted by Gasteiger charge is -2.22. The summed E-state index contributed by atoms with van der Waals surface area (Å²) in [7, 11) is 0. The van der Waals surface area contributed by atoms with Crippen LogP contribution in [-0.2, 0) is 25.1 Å². The molecule has 0 aliphatic heterocycles. The van der Waals surface area contributed by atoms with E-state index in [0.717, 1.165) is 22.6 Å². The number of benzene rings is 1. The second-order valence-corrected chi connectivity index (χ2v) is 7.65. The molecule has 7 heteroatoms. The Bertz CT molecular complexity index is 764. The maximum absolute atomic E-state index is 5.18. The van der Waals surface area contributed by atoms with Gasteiger partial charge in [-0.15, -0.1) is 0 Å². The normalized spacial score (nSPS) is 11.5. The highest BCUT2D eigenvalue weighted by Crippen LogP contribution is 2.27. The number of hydrogen-bond donors (Lipinski definition) is 1. The zero-order valence-corrected chi connectivity index (χ0v) is 18.3. The van der Waals surface area contributed by atoms with Crippen molar-refractivity contribution < 1.29 is 19.6 Å². The number of nitrogens with zero attached hydrogens (tertiary/aromatic N) is 2. The number of aryl methyl sites for hydroxylation is 1. The molecule has 1 heterocycles. The van der Waals surface area contributed by atoms with Crippen molar-refractivity contribution in [2.24, 2.45) is 0 Å². The second-order valence-electron chi connectivity index (χ2n) is 7.65. The SMILES string of the molecule is CCOOCC(=CNc1cc(-c2ccc(C)cc2)nn1C(C)(C)C)COOCC. The van der Waals surface area contributed by atoms with Gasteiger partial charge < -0.3 is 5.32 Å². The van der Waals surface area contributed by atoms with Crippen LogP contribution in [0.3, 0.4) is 0 Å². The van der Waals surface area contributed by atoms with Crippen LogP contribution in [0.25, 0.3) is 11.3 Å². The third kappa shape index (κ3) is 7.29. The molecule has 1 aromatic carbocycles. The number of hydrogen-bond acceptors (Lipinski definition) is 6. The van der Waals surface area contributed by atoms with E-state index in [0.29, 0.717) is 13.2 Å². The Labute approximate surface area is 173 Å². The van der Waals surface area contributed by atoms with Gasteiger partial charge in [-0.3, -0.25) is 0 Å². The topological polar surface area (TPSA) is 66.8 Å². The molecular weight excluding hydrogens is 370 g/mol. The first-order chi connectivity index (χ1) is 13.8. The van der Waals surface area contributed by atoms with Gasteiger partial charge >= 0.3 is 0 Å². The van der Waals surface area contributed by atoms with Gasteiger partial charge in [0.05, 0.1) is 24.4 Å². The highest BCUT2D eigenvalue weighted by Gasteiger charge is 2.20. The third-order valence-corrected chi connectivity index (χ3v) is 4.01. The van der Waals surface area contributed by atoms with Crippen LogP contribution >= 0.6 is 0 Å². The second kappa shape index (κ2) is 11.1. The molecule has 2 rings (SSSR count). The fourth-order valence-corrected chi connectivity index (χ4v) is 2.56. The van der Waals surface area contributed by atoms with Crippen LogP contribution in [0.1, 0.15) is 40.2 Å². The minimum absolute atomic E-state index is 0.192. The van der Waals surface area contributed by atoms with Crippen molar-refractivity contribution in [2.75, 3.05) is 31.7 Å². The molecule has 0 atom stereocenters. The lowest BCUT2D eigenvalue weighted by atomic mass is 10.1. The molecule has 0 unspecified atom stereocenters. The molecule has 29 heavy (non-hydrogen) atoms. The molecule has 1 aromatic heterocycles. The quantitative estimate of drug-likeness (QED) is 0.329. The van der Waals surface area contributed by atoms with Crippen LogP contribution in [0.15, 0.2) is 42.1 Å². The fraction of sp³-hybridized carbons (Fsp3) is 0.500. The van der Waals surface area contributed by atoms with Gasteiger partial charge in [0.15, 0.2) is 0 Å². The summed E-state index contributed by atoms with van der Waals surface area (Å²) < 4.78 is 1.98. The van der Waals surface area contributed by atoms with Gasteiger partial charge in [0.1, 0.15) is 19.0 Å². The van der Waals surface area contributed by atoms with Gasteiger partial charge in [0.25, 0.3) is 0 Å². The Morgan fingerprint density at radius 1 is 1.00 bits per heavy atom. The van der Waals surface area contributed by atoms with Gasteiger partial charge in [-0.1, -0.05) is 29.8 Å². The van der Waals surface area contributed by atoms with E-state index in [1.807, 2.05) is 30.8 Å². The van der Waals surface area contributed by atoms with Crippen molar-refractivity contribution in [3.05, 3.63) is 47.7 Å². The zero-order chi connectivity index (χ0) is 21.3. The van der Waals surface area contributed by atoms with Crippen molar-refractivity contribution in [3.63, 3.8) is 0 Å². The summed E-state index contributed by atoms with van der Waals surface area (Å²) in [6.45, 7) is 13.6. The maximum atomic E-state index is 5.18. The zero-order valence-electron chi connectivity index (χ0n) is 18.3. The van der Waals surface area contributed by atoms with E-state index in [2.05, 4.69) is 57.3 Å². The molecule has 0 saturated carbocycles. The Morgan fingerprint density at radius 3 is 2.10 bits per heavy atom. The summed E-state index contributed by atoms with van der Waals surface area (Å²) >= 11 is 0. The van der Waals surface area contributed by atoms with Crippen molar-refractivity contribution in [1.82, 2.24) is 9.78 Å². The molecule has 0 fully saturated rings. The Hall–Kier alpha value is -2.19. The first-order valence-electron chi connectivity index (χ1n) is 9.96. The maximum Gasteiger partial charge on any atom is 0.129 e. The molecule has 0 bridgehead atoms. The average molecular weight is 404 g/mol. The summed E-state index contributed by atoms with van der Waals surface area (Å²) in [5.74, 6) is 0.874. The van der Waals surface area contributed by atoms with Crippen molar-refractivity contribution in [1.29, 1.82) is 0 Å². The standard InChI is InChI=1S/C22H33N3O4/c1-7-26-28-15-18(16-29-27-8-2)14-23-21-13-20(24-25(21)22(4,5)6)19-11-9-17(3)10-12-19/h9-14,23H,7-8,15-16H2,1-6H3. The van der Waals surface area contributed by atoms with E-state index in [-0.39, 0.29) is 18.8 Å². The van der Waals surface area contributed by atoms with Crippen molar-refractivity contribution in [3.8, 4) is 11.3 Å². The first kappa shape index (κ1) is 23.1. The molecule has 0 saturated heterocycles. The highest BCUT2D eigenvalue weighted by molar-refractivity contribution is 5.64. The van der Waals surface area contributed by atoms with Crippen LogP contribution in [0.2, 0.25) is 0 Å². The lowest BCUT2D eigenvalue weighted by Crippen LogP contribution is -2.24. The Kier molecular flexibility index (Phi) is 8.85. The summed E-state index contributed by atoms with van der Waals surface area (Å²) in [5, 5.41) is 8.17. The van der Waals surface area contributed by atoms with E-state index >= 15 is 0 Å². The first-order valence-corrected chi connectivity index (χ1v) is 9.96. The van der Waals surface area contributed by atoms with Crippen LogP contribution in [0.5, 0.6) is 0 Å². The van der Waals surface area contributed by atoms with Gasteiger partial charge in [-0.2, -0.15) is 5.10 Å². The van der Waals surface area contributed by atoms with Crippen LogP contribution in [0.4, 0.5) is 5.82 Å². The van der Waals surface area contributed by atoms with E-state index in [4.69, 9.17) is 24.6 Å². The highest BCUT2D eigenvalue weighted by atomic mass is 17.2. The smallest absolute Gasteiger partial charge is 0.129 e. The van der Waals surface area contributed by atoms with E-state index in [9.17, 15) is 0 Å². The number of rotatable bonds is 11. The Balaban J connectivity index is 2.25. The van der Waals surface area contributed by atoms with Crippen LogP contribution in [-0.4, -0.2) is 36.2 Å². The van der Waals surface area contributed by atoms with E-state index in [1.54, 1.807) is 0 Å². The van der Waals surface area contributed by atoms with Crippen molar-refractivity contribution in [2.45, 2.75) is 47.1 Å².